The Bertz CT molecular complexity index is 591. The molecule has 0 aliphatic carbocycles. The summed E-state index contributed by atoms with van der Waals surface area (Å²) in [7, 11) is 0. The van der Waals surface area contributed by atoms with E-state index in [9.17, 15) is 0 Å². The van der Waals surface area contributed by atoms with Gasteiger partial charge in [-0.05, 0) is 43.1 Å². The Morgan fingerprint density at radius 3 is 2.25 bits per heavy atom. The van der Waals surface area contributed by atoms with Gasteiger partial charge in [-0.25, -0.2) is 0 Å². The molecule has 0 saturated heterocycles. The summed E-state index contributed by atoms with van der Waals surface area (Å²) in [5.74, 6) is 0.901. The lowest BCUT2D eigenvalue weighted by Crippen LogP contribution is -2.26. The number of hydrogen-bond acceptors (Lipinski definition) is 3. The van der Waals surface area contributed by atoms with Gasteiger partial charge in [0.2, 0.25) is 0 Å². The average molecular weight is 327 g/mol. The molecule has 0 unspecified atom stereocenters. The molecule has 2 aromatic rings. The smallest absolute Gasteiger partial charge is 0.119 e. The monoisotopic (exact) mass is 327 g/mol. The molecule has 0 heterocycles. The first-order chi connectivity index (χ1) is 11.5. The van der Waals surface area contributed by atoms with Crippen molar-refractivity contribution >= 4 is 0 Å². The molecule has 2 N–H and O–H groups in total. The summed E-state index contributed by atoms with van der Waals surface area (Å²) < 4.78 is 5.78. The summed E-state index contributed by atoms with van der Waals surface area (Å²) in [5.41, 5.74) is 2.56. The first kappa shape index (κ1) is 18.5. The van der Waals surface area contributed by atoms with E-state index in [-0.39, 0.29) is 11.5 Å². The van der Waals surface area contributed by atoms with E-state index in [1.807, 2.05) is 18.2 Å². The maximum Gasteiger partial charge on any atom is 0.119 e. The predicted molar refractivity (Wildman–Crippen MR) is 99.7 cm³/mol. The van der Waals surface area contributed by atoms with Crippen LogP contribution in [0.4, 0.5) is 0 Å². The molecule has 0 aromatic heterocycles. The third kappa shape index (κ3) is 5.36. The van der Waals surface area contributed by atoms with Crippen LogP contribution in [0.3, 0.4) is 0 Å². The molecule has 0 saturated carbocycles. The van der Waals surface area contributed by atoms with Crippen LogP contribution in [0.2, 0.25) is 0 Å². The molecule has 3 nitrogen and oxygen atoms in total. The number of rotatable bonds is 9. The fourth-order valence-corrected chi connectivity index (χ4v) is 2.69. The standard InChI is InChI=1S/C21H29NO2/c1-17(23)16-22-14-7-15-24-20-12-10-19(11-13-20)21(2,3)18-8-5-4-6-9-18/h4-6,8-13,17,22-23H,7,14-16H2,1-3H3/t17-/m1/s1. The van der Waals surface area contributed by atoms with Crippen molar-refractivity contribution in [1.29, 1.82) is 0 Å². The van der Waals surface area contributed by atoms with E-state index >= 15 is 0 Å². The fourth-order valence-electron chi connectivity index (χ4n) is 2.69. The minimum absolute atomic E-state index is 0.0231. The predicted octanol–water partition coefficient (Wildman–Crippen LogP) is 3.75. The van der Waals surface area contributed by atoms with Gasteiger partial charge < -0.3 is 15.2 Å². The van der Waals surface area contributed by atoms with Gasteiger partial charge in [0.1, 0.15) is 5.75 Å². The van der Waals surface area contributed by atoms with Crippen LogP contribution in [0.25, 0.3) is 0 Å². The Labute approximate surface area is 145 Å². The molecule has 0 amide bonds. The zero-order chi connectivity index (χ0) is 17.4. The van der Waals surface area contributed by atoms with Gasteiger partial charge in [0.05, 0.1) is 12.7 Å². The summed E-state index contributed by atoms with van der Waals surface area (Å²) in [6.45, 7) is 8.42. The highest BCUT2D eigenvalue weighted by atomic mass is 16.5. The van der Waals surface area contributed by atoms with E-state index < -0.39 is 0 Å². The normalized spacial score (nSPS) is 12.8. The van der Waals surface area contributed by atoms with Crippen molar-refractivity contribution in [1.82, 2.24) is 5.32 Å². The zero-order valence-corrected chi connectivity index (χ0v) is 15.0. The third-order valence-corrected chi connectivity index (χ3v) is 4.28. The van der Waals surface area contributed by atoms with Crippen molar-refractivity contribution in [3.05, 3.63) is 65.7 Å². The molecule has 2 aromatic carbocycles. The SMILES string of the molecule is C[C@@H](O)CNCCCOc1ccc(C(C)(C)c2ccccc2)cc1. The number of hydrogen-bond donors (Lipinski definition) is 2. The van der Waals surface area contributed by atoms with Gasteiger partial charge in [-0.1, -0.05) is 56.3 Å². The van der Waals surface area contributed by atoms with Crippen molar-refractivity contribution < 1.29 is 9.84 Å². The van der Waals surface area contributed by atoms with Gasteiger partial charge in [0.25, 0.3) is 0 Å². The van der Waals surface area contributed by atoms with E-state index in [2.05, 4.69) is 55.6 Å². The van der Waals surface area contributed by atoms with E-state index in [1.165, 1.54) is 11.1 Å². The second-order valence-corrected chi connectivity index (χ2v) is 6.77. The van der Waals surface area contributed by atoms with Gasteiger partial charge in [-0.15, -0.1) is 0 Å². The van der Waals surface area contributed by atoms with Crippen molar-refractivity contribution in [2.24, 2.45) is 0 Å². The number of aliphatic hydroxyl groups is 1. The first-order valence-electron chi connectivity index (χ1n) is 8.68. The number of benzene rings is 2. The van der Waals surface area contributed by atoms with Gasteiger partial charge in [0, 0.05) is 12.0 Å². The molecular weight excluding hydrogens is 298 g/mol. The number of nitrogens with one attached hydrogen (secondary N) is 1. The van der Waals surface area contributed by atoms with E-state index in [0.717, 1.165) is 18.7 Å². The molecule has 2 rings (SSSR count). The highest BCUT2D eigenvalue weighted by Gasteiger charge is 2.22. The molecular formula is C21H29NO2. The molecule has 0 fully saturated rings. The number of aliphatic hydroxyl groups excluding tert-OH is 1. The molecule has 0 bridgehead atoms. The Hall–Kier alpha value is -1.84. The van der Waals surface area contributed by atoms with Gasteiger partial charge in [0.15, 0.2) is 0 Å². The lowest BCUT2D eigenvalue weighted by Gasteiger charge is -2.26. The molecule has 0 radical (unpaired) electrons. The molecule has 0 aliphatic heterocycles. The summed E-state index contributed by atoms with van der Waals surface area (Å²) in [6, 6.07) is 18.9. The Morgan fingerprint density at radius 2 is 1.62 bits per heavy atom. The largest absolute Gasteiger partial charge is 0.494 e. The minimum Gasteiger partial charge on any atom is -0.494 e. The van der Waals surface area contributed by atoms with Crippen LogP contribution >= 0.6 is 0 Å². The summed E-state index contributed by atoms with van der Waals surface area (Å²) in [5, 5.41) is 12.4. The fraction of sp³-hybridized carbons (Fsp3) is 0.429. The van der Waals surface area contributed by atoms with Gasteiger partial charge in [-0.2, -0.15) is 0 Å². The van der Waals surface area contributed by atoms with Gasteiger partial charge in [-0.3, -0.25) is 0 Å². The molecule has 130 valence electrons. The van der Waals surface area contributed by atoms with Crippen LogP contribution in [0.1, 0.15) is 38.3 Å². The summed E-state index contributed by atoms with van der Waals surface area (Å²) >= 11 is 0. The molecule has 0 spiro atoms. The van der Waals surface area contributed by atoms with Crippen LogP contribution in [0.5, 0.6) is 5.75 Å². The second-order valence-electron chi connectivity index (χ2n) is 6.77. The van der Waals surface area contributed by atoms with Crippen LogP contribution in [-0.4, -0.2) is 30.9 Å². The van der Waals surface area contributed by atoms with Crippen LogP contribution in [0, 0.1) is 0 Å². The Kier molecular flexibility index (Phi) is 6.83. The molecule has 1 atom stereocenters. The quantitative estimate of drug-likeness (QED) is 0.689. The Morgan fingerprint density at radius 1 is 1.00 bits per heavy atom. The van der Waals surface area contributed by atoms with Crippen LogP contribution in [-0.2, 0) is 5.41 Å². The van der Waals surface area contributed by atoms with Crippen molar-refractivity contribution in [3.8, 4) is 5.75 Å². The van der Waals surface area contributed by atoms with Crippen molar-refractivity contribution in [3.63, 3.8) is 0 Å². The lowest BCUT2D eigenvalue weighted by atomic mass is 9.78. The van der Waals surface area contributed by atoms with E-state index in [4.69, 9.17) is 9.84 Å². The maximum absolute atomic E-state index is 9.17. The number of ether oxygens (including phenoxy) is 1. The molecule has 0 aliphatic rings. The van der Waals surface area contributed by atoms with Gasteiger partial charge >= 0.3 is 0 Å². The molecule has 24 heavy (non-hydrogen) atoms. The average Bonchev–Trinajstić information content (AvgIpc) is 2.59. The second kappa shape index (κ2) is 8.86. The van der Waals surface area contributed by atoms with E-state index in [1.54, 1.807) is 6.92 Å². The highest BCUT2D eigenvalue weighted by molar-refractivity contribution is 5.39. The van der Waals surface area contributed by atoms with Crippen molar-refractivity contribution in [2.45, 2.75) is 38.7 Å². The molecule has 3 heteroatoms. The Balaban J connectivity index is 1.85. The lowest BCUT2D eigenvalue weighted by molar-refractivity contribution is 0.190. The maximum atomic E-state index is 9.17. The summed E-state index contributed by atoms with van der Waals surface area (Å²) in [4.78, 5) is 0. The highest BCUT2D eigenvalue weighted by Crippen LogP contribution is 2.32. The van der Waals surface area contributed by atoms with E-state index in [0.29, 0.717) is 13.2 Å². The van der Waals surface area contributed by atoms with Crippen LogP contribution in [0.15, 0.2) is 54.6 Å². The van der Waals surface area contributed by atoms with Crippen LogP contribution < -0.4 is 10.1 Å². The summed E-state index contributed by atoms with van der Waals surface area (Å²) in [6.07, 6.45) is 0.621. The van der Waals surface area contributed by atoms with Crippen molar-refractivity contribution in [2.75, 3.05) is 19.7 Å². The first-order valence-corrected chi connectivity index (χ1v) is 8.68. The zero-order valence-electron chi connectivity index (χ0n) is 15.0. The topological polar surface area (TPSA) is 41.5 Å². The minimum atomic E-state index is -0.300. The third-order valence-electron chi connectivity index (χ3n) is 4.28.